The van der Waals surface area contributed by atoms with Gasteiger partial charge in [-0.2, -0.15) is 0 Å². The van der Waals surface area contributed by atoms with Gasteiger partial charge in [-0.15, -0.1) is 11.6 Å². The van der Waals surface area contributed by atoms with E-state index in [0.29, 0.717) is 5.88 Å². The fraction of sp³-hybridized carbons (Fsp3) is 0.833. The molecular weight excluding hydrogens is 122 g/mol. The minimum absolute atomic E-state index is 0.569. The van der Waals surface area contributed by atoms with Crippen molar-refractivity contribution in [3.8, 4) is 0 Å². The lowest BCUT2D eigenvalue weighted by molar-refractivity contribution is 0.930. The highest BCUT2D eigenvalue weighted by Gasteiger charge is 1.82. The van der Waals surface area contributed by atoms with Crippen LogP contribution in [0.15, 0.2) is 4.99 Å². The Hall–Kier alpha value is -0.0400. The molecule has 0 saturated heterocycles. The first-order valence-corrected chi connectivity index (χ1v) is 3.40. The number of alkyl halides is 1. The van der Waals surface area contributed by atoms with Crippen LogP contribution in [0.3, 0.4) is 0 Å². The molecule has 0 N–H and O–H groups in total. The highest BCUT2D eigenvalue weighted by atomic mass is 35.5. The van der Waals surface area contributed by atoms with Gasteiger partial charge in [0.1, 0.15) is 0 Å². The molecular formula is C6H12ClN. The Morgan fingerprint density at radius 2 is 2.25 bits per heavy atom. The minimum Gasteiger partial charge on any atom is -0.293 e. The van der Waals surface area contributed by atoms with Crippen molar-refractivity contribution in [3.05, 3.63) is 0 Å². The smallest absolute Gasteiger partial charge is 0.0600 e. The van der Waals surface area contributed by atoms with Crippen LogP contribution in [-0.4, -0.2) is 18.1 Å². The number of nitrogens with zero attached hydrogens (tertiary/aromatic N) is 1. The van der Waals surface area contributed by atoms with Gasteiger partial charge in [-0.05, 0) is 13.3 Å². The number of hydrogen-bond donors (Lipinski definition) is 0. The molecule has 0 saturated carbocycles. The van der Waals surface area contributed by atoms with Crippen molar-refractivity contribution in [2.24, 2.45) is 4.99 Å². The highest BCUT2D eigenvalue weighted by molar-refractivity contribution is 6.28. The van der Waals surface area contributed by atoms with Gasteiger partial charge in [0.05, 0.1) is 5.88 Å². The van der Waals surface area contributed by atoms with Gasteiger partial charge >= 0.3 is 0 Å². The van der Waals surface area contributed by atoms with Gasteiger partial charge in [0, 0.05) is 12.3 Å². The maximum atomic E-state index is 5.46. The fourth-order valence-corrected chi connectivity index (χ4v) is 0.429. The summed E-state index contributed by atoms with van der Waals surface area (Å²) in [5.74, 6) is 0.569. The van der Waals surface area contributed by atoms with E-state index in [4.69, 9.17) is 11.6 Å². The standard InChI is InChI=1S/C6H12ClN/c1-3-4-8-6(2)5-7/h3-5H2,1-2H3. The van der Waals surface area contributed by atoms with Crippen LogP contribution < -0.4 is 0 Å². The average Bonchev–Trinajstić information content (AvgIpc) is 1.83. The lowest BCUT2D eigenvalue weighted by Crippen LogP contribution is -1.93. The number of hydrogen-bond acceptors (Lipinski definition) is 1. The molecule has 8 heavy (non-hydrogen) atoms. The molecule has 0 radical (unpaired) electrons. The Balaban J connectivity index is 3.26. The van der Waals surface area contributed by atoms with E-state index in [2.05, 4.69) is 11.9 Å². The second kappa shape index (κ2) is 5.10. The minimum atomic E-state index is 0.569. The summed E-state index contributed by atoms with van der Waals surface area (Å²) in [5.41, 5.74) is 1.04. The highest BCUT2D eigenvalue weighted by Crippen LogP contribution is 1.84. The van der Waals surface area contributed by atoms with Crippen LogP contribution in [0, 0.1) is 0 Å². The van der Waals surface area contributed by atoms with Crippen LogP contribution in [0.2, 0.25) is 0 Å². The molecule has 0 aliphatic heterocycles. The Bertz CT molecular complexity index is 78.6. The predicted octanol–water partition coefficient (Wildman–Crippen LogP) is 2.10. The van der Waals surface area contributed by atoms with E-state index in [1.807, 2.05) is 6.92 Å². The topological polar surface area (TPSA) is 12.4 Å². The van der Waals surface area contributed by atoms with Crippen LogP contribution >= 0.6 is 11.6 Å². The zero-order chi connectivity index (χ0) is 6.41. The molecule has 0 atom stereocenters. The molecule has 0 fully saturated rings. The van der Waals surface area contributed by atoms with Crippen molar-refractivity contribution >= 4 is 17.3 Å². The second-order valence-electron chi connectivity index (χ2n) is 1.75. The summed E-state index contributed by atoms with van der Waals surface area (Å²) < 4.78 is 0. The quantitative estimate of drug-likeness (QED) is 0.413. The lowest BCUT2D eigenvalue weighted by Gasteiger charge is -1.89. The molecule has 0 spiro atoms. The zero-order valence-electron chi connectivity index (χ0n) is 5.45. The van der Waals surface area contributed by atoms with Gasteiger partial charge in [-0.25, -0.2) is 0 Å². The normalized spacial score (nSPS) is 12.1. The molecule has 0 unspecified atom stereocenters. The van der Waals surface area contributed by atoms with Gasteiger partial charge < -0.3 is 0 Å². The van der Waals surface area contributed by atoms with Gasteiger partial charge in [0.25, 0.3) is 0 Å². The average molecular weight is 134 g/mol. The van der Waals surface area contributed by atoms with Gasteiger partial charge in [-0.1, -0.05) is 6.92 Å². The predicted molar refractivity (Wildman–Crippen MR) is 39.0 cm³/mol. The molecule has 0 aliphatic rings. The van der Waals surface area contributed by atoms with Crippen LogP contribution in [0.4, 0.5) is 0 Å². The molecule has 0 heterocycles. The summed E-state index contributed by atoms with van der Waals surface area (Å²) in [6.45, 7) is 4.96. The molecule has 2 heteroatoms. The maximum absolute atomic E-state index is 5.46. The van der Waals surface area contributed by atoms with E-state index < -0.39 is 0 Å². The van der Waals surface area contributed by atoms with Gasteiger partial charge in [0.15, 0.2) is 0 Å². The van der Waals surface area contributed by atoms with Crippen LogP contribution in [-0.2, 0) is 0 Å². The van der Waals surface area contributed by atoms with E-state index in [9.17, 15) is 0 Å². The number of halogens is 1. The fourth-order valence-electron chi connectivity index (χ4n) is 0.345. The SMILES string of the molecule is CCCN=C(C)CCl. The van der Waals surface area contributed by atoms with Crippen molar-refractivity contribution in [2.45, 2.75) is 20.3 Å². The Labute approximate surface area is 55.8 Å². The summed E-state index contributed by atoms with van der Waals surface area (Å²) in [5, 5.41) is 0. The summed E-state index contributed by atoms with van der Waals surface area (Å²) in [4.78, 5) is 4.15. The third kappa shape index (κ3) is 4.13. The van der Waals surface area contributed by atoms with Crippen molar-refractivity contribution in [3.63, 3.8) is 0 Å². The van der Waals surface area contributed by atoms with Crippen molar-refractivity contribution in [1.29, 1.82) is 0 Å². The molecule has 0 aromatic rings. The molecule has 0 aromatic carbocycles. The number of aliphatic imine (C=N–C) groups is 1. The number of rotatable bonds is 3. The van der Waals surface area contributed by atoms with Crippen molar-refractivity contribution in [1.82, 2.24) is 0 Å². The Kier molecular flexibility index (Phi) is 5.08. The molecule has 0 bridgehead atoms. The Morgan fingerprint density at radius 1 is 1.62 bits per heavy atom. The summed E-state index contributed by atoms with van der Waals surface area (Å²) in [7, 11) is 0. The molecule has 0 amide bonds. The van der Waals surface area contributed by atoms with Crippen LogP contribution in [0.1, 0.15) is 20.3 Å². The molecule has 0 rings (SSSR count). The van der Waals surface area contributed by atoms with Crippen LogP contribution in [0.5, 0.6) is 0 Å². The van der Waals surface area contributed by atoms with E-state index in [1.165, 1.54) is 0 Å². The summed E-state index contributed by atoms with van der Waals surface area (Å²) >= 11 is 5.46. The zero-order valence-corrected chi connectivity index (χ0v) is 6.20. The van der Waals surface area contributed by atoms with E-state index in [1.54, 1.807) is 0 Å². The maximum Gasteiger partial charge on any atom is 0.0600 e. The van der Waals surface area contributed by atoms with Crippen molar-refractivity contribution < 1.29 is 0 Å². The summed E-state index contributed by atoms with van der Waals surface area (Å²) in [6.07, 6.45) is 1.11. The van der Waals surface area contributed by atoms with Gasteiger partial charge in [0.2, 0.25) is 0 Å². The van der Waals surface area contributed by atoms with E-state index in [-0.39, 0.29) is 0 Å². The first kappa shape index (κ1) is 7.96. The monoisotopic (exact) mass is 133 g/mol. The first-order chi connectivity index (χ1) is 3.81. The summed E-state index contributed by atoms with van der Waals surface area (Å²) in [6, 6.07) is 0. The second-order valence-corrected chi connectivity index (χ2v) is 2.02. The lowest BCUT2D eigenvalue weighted by atomic mass is 10.4. The molecule has 0 aromatic heterocycles. The molecule has 48 valence electrons. The van der Waals surface area contributed by atoms with Gasteiger partial charge in [-0.3, -0.25) is 4.99 Å². The van der Waals surface area contributed by atoms with Crippen molar-refractivity contribution in [2.75, 3.05) is 12.4 Å². The first-order valence-electron chi connectivity index (χ1n) is 2.87. The Morgan fingerprint density at radius 3 is 2.62 bits per heavy atom. The molecule has 0 aliphatic carbocycles. The van der Waals surface area contributed by atoms with Crippen LogP contribution in [0.25, 0.3) is 0 Å². The van der Waals surface area contributed by atoms with E-state index >= 15 is 0 Å². The third-order valence-corrected chi connectivity index (χ3v) is 1.19. The molecule has 1 nitrogen and oxygen atoms in total. The third-order valence-electron chi connectivity index (χ3n) is 0.799. The largest absolute Gasteiger partial charge is 0.293 e. The van der Waals surface area contributed by atoms with E-state index in [0.717, 1.165) is 18.7 Å².